The molecule has 0 fully saturated rings. The summed E-state index contributed by atoms with van der Waals surface area (Å²) in [5, 5.41) is 5.12. The summed E-state index contributed by atoms with van der Waals surface area (Å²) >= 11 is 0. The molecule has 10 heteroatoms. The highest BCUT2D eigenvalue weighted by Gasteiger charge is 2.32. The Hall–Kier alpha value is -3.24. The smallest absolute Gasteiger partial charge is 0.272 e. The predicted molar refractivity (Wildman–Crippen MR) is 111 cm³/mol. The molecule has 3 aromatic carbocycles. The fraction of sp³-hybridized carbons (Fsp3) is 0.143. The first-order valence-electron chi connectivity index (χ1n) is 9.02. The van der Waals surface area contributed by atoms with Crippen molar-refractivity contribution >= 4 is 32.9 Å². The number of amides is 1. The summed E-state index contributed by atoms with van der Waals surface area (Å²) in [6.07, 6.45) is -3.71. The fourth-order valence-electron chi connectivity index (χ4n) is 2.87. The van der Waals surface area contributed by atoms with Gasteiger partial charge in [-0.1, -0.05) is 48.5 Å². The topological polar surface area (TPSA) is 78.8 Å². The van der Waals surface area contributed by atoms with Crippen LogP contribution in [0.2, 0.25) is 0 Å². The van der Waals surface area contributed by atoms with Crippen molar-refractivity contribution in [2.75, 3.05) is 13.6 Å². The minimum absolute atomic E-state index is 0.0177. The van der Waals surface area contributed by atoms with Gasteiger partial charge in [-0.2, -0.15) is 22.6 Å². The number of hydrogen-bond acceptors (Lipinski definition) is 4. The molecular formula is C21H18F3N3O3S. The fourth-order valence-corrected chi connectivity index (χ4v) is 4.03. The lowest BCUT2D eigenvalue weighted by atomic mass is 10.1. The quantitative estimate of drug-likeness (QED) is 0.461. The number of benzene rings is 3. The van der Waals surface area contributed by atoms with Crippen molar-refractivity contribution in [1.29, 1.82) is 0 Å². The van der Waals surface area contributed by atoms with Crippen molar-refractivity contribution in [1.82, 2.24) is 9.73 Å². The average Bonchev–Trinajstić information content (AvgIpc) is 2.73. The molecule has 0 atom stereocenters. The van der Waals surface area contributed by atoms with Gasteiger partial charge in [0.2, 0.25) is 10.0 Å². The molecule has 3 rings (SSSR count). The molecule has 6 nitrogen and oxygen atoms in total. The Morgan fingerprint density at radius 1 is 1.03 bits per heavy atom. The molecule has 0 spiro atoms. The van der Waals surface area contributed by atoms with Gasteiger partial charge in [0, 0.05) is 12.6 Å². The number of sulfonamides is 1. The van der Waals surface area contributed by atoms with E-state index in [9.17, 15) is 26.4 Å². The van der Waals surface area contributed by atoms with E-state index in [1.807, 2.05) is 12.1 Å². The number of hydrogen-bond donors (Lipinski definition) is 1. The monoisotopic (exact) mass is 449 g/mol. The maximum atomic E-state index is 13.0. The first kappa shape index (κ1) is 22.4. The van der Waals surface area contributed by atoms with E-state index in [1.165, 1.54) is 37.4 Å². The summed E-state index contributed by atoms with van der Waals surface area (Å²) < 4.78 is 65.2. The Bertz CT molecular complexity index is 1240. The van der Waals surface area contributed by atoms with Gasteiger partial charge in [-0.25, -0.2) is 13.8 Å². The van der Waals surface area contributed by atoms with Gasteiger partial charge in [-0.15, -0.1) is 0 Å². The second kappa shape index (κ2) is 8.86. The van der Waals surface area contributed by atoms with Crippen LogP contribution in [0.15, 0.2) is 76.7 Å². The maximum Gasteiger partial charge on any atom is 0.417 e. The number of nitrogens with one attached hydrogen (secondary N) is 1. The third kappa shape index (κ3) is 5.28. The molecule has 0 saturated heterocycles. The Kier molecular flexibility index (Phi) is 6.42. The highest BCUT2D eigenvalue weighted by atomic mass is 32.2. The van der Waals surface area contributed by atoms with Gasteiger partial charge in [-0.3, -0.25) is 4.79 Å². The molecule has 3 aromatic rings. The summed E-state index contributed by atoms with van der Waals surface area (Å²) in [6.45, 7) is -0.562. The third-order valence-corrected chi connectivity index (χ3v) is 6.25. The lowest BCUT2D eigenvalue weighted by Gasteiger charge is -2.16. The van der Waals surface area contributed by atoms with Crippen molar-refractivity contribution in [2.24, 2.45) is 5.10 Å². The van der Waals surface area contributed by atoms with E-state index in [-0.39, 0.29) is 10.5 Å². The highest BCUT2D eigenvalue weighted by Crippen LogP contribution is 2.31. The van der Waals surface area contributed by atoms with Gasteiger partial charge >= 0.3 is 6.18 Å². The predicted octanol–water partition coefficient (Wildman–Crippen LogP) is 3.63. The number of rotatable bonds is 6. The van der Waals surface area contributed by atoms with Crippen LogP contribution < -0.4 is 5.43 Å². The molecule has 0 aliphatic heterocycles. The van der Waals surface area contributed by atoms with Crippen LogP contribution in [-0.2, 0) is 21.0 Å². The Balaban J connectivity index is 1.68. The summed E-state index contributed by atoms with van der Waals surface area (Å²) in [7, 11) is -2.73. The van der Waals surface area contributed by atoms with Crippen LogP contribution in [-0.4, -0.2) is 38.4 Å². The lowest BCUT2D eigenvalue weighted by molar-refractivity contribution is -0.137. The molecule has 0 radical (unpaired) electrons. The van der Waals surface area contributed by atoms with Gasteiger partial charge in [-0.05, 0) is 29.0 Å². The number of carbonyl (C=O) groups is 1. The van der Waals surface area contributed by atoms with Crippen LogP contribution in [0.3, 0.4) is 0 Å². The number of fused-ring (bicyclic) bond motifs is 1. The van der Waals surface area contributed by atoms with Crippen LogP contribution in [0.4, 0.5) is 13.2 Å². The van der Waals surface area contributed by atoms with Crippen LogP contribution >= 0.6 is 0 Å². The molecule has 0 aliphatic carbocycles. The second-order valence-electron chi connectivity index (χ2n) is 6.65. The number of hydrazone groups is 1. The summed E-state index contributed by atoms with van der Waals surface area (Å²) in [4.78, 5) is 12.1. The molecule has 162 valence electrons. The standard InChI is InChI=1S/C21H18F3N3O3S/c1-27(31(29,30)18-11-10-15-6-2-3-7-16(15)12-18)14-20(28)26-25-13-17-8-4-5-9-19(17)21(22,23)24/h2-13H,14H2,1H3,(H,26,28)/b25-13+. The number of nitrogens with zero attached hydrogens (tertiary/aromatic N) is 2. The summed E-state index contributed by atoms with van der Waals surface area (Å²) in [6, 6.07) is 16.6. The normalized spacial score (nSPS) is 12.5. The number of halogens is 3. The molecule has 0 aromatic heterocycles. The highest BCUT2D eigenvalue weighted by molar-refractivity contribution is 7.89. The van der Waals surface area contributed by atoms with Crippen molar-refractivity contribution in [2.45, 2.75) is 11.1 Å². The molecule has 0 heterocycles. The minimum Gasteiger partial charge on any atom is -0.272 e. The second-order valence-corrected chi connectivity index (χ2v) is 8.69. The summed E-state index contributed by atoms with van der Waals surface area (Å²) in [5.74, 6) is -0.799. The molecule has 0 bridgehead atoms. The molecule has 0 aliphatic rings. The number of likely N-dealkylation sites (N-methyl/N-ethyl adjacent to an activating group) is 1. The first-order valence-corrected chi connectivity index (χ1v) is 10.5. The number of alkyl halides is 3. The molecular weight excluding hydrogens is 431 g/mol. The zero-order valence-corrected chi connectivity index (χ0v) is 17.1. The lowest BCUT2D eigenvalue weighted by Crippen LogP contribution is -2.36. The van der Waals surface area contributed by atoms with Crippen LogP contribution in [0.25, 0.3) is 10.8 Å². The Morgan fingerprint density at radius 3 is 2.39 bits per heavy atom. The van der Waals surface area contributed by atoms with E-state index in [2.05, 4.69) is 10.5 Å². The Labute approximate surface area is 177 Å². The maximum absolute atomic E-state index is 13.0. The molecule has 1 amide bonds. The summed E-state index contributed by atoms with van der Waals surface area (Å²) in [5.41, 5.74) is 0.923. The van der Waals surface area contributed by atoms with Crippen LogP contribution in [0.5, 0.6) is 0 Å². The van der Waals surface area contributed by atoms with E-state index >= 15 is 0 Å². The zero-order valence-electron chi connectivity index (χ0n) is 16.3. The van der Waals surface area contributed by atoms with E-state index < -0.39 is 34.2 Å². The van der Waals surface area contributed by atoms with Crippen LogP contribution in [0, 0.1) is 0 Å². The van der Waals surface area contributed by atoms with E-state index in [4.69, 9.17) is 0 Å². The van der Waals surface area contributed by atoms with Gasteiger partial charge < -0.3 is 0 Å². The Morgan fingerprint density at radius 2 is 1.68 bits per heavy atom. The van der Waals surface area contributed by atoms with E-state index in [0.717, 1.165) is 27.4 Å². The average molecular weight is 449 g/mol. The van der Waals surface area contributed by atoms with Gasteiger partial charge in [0.15, 0.2) is 0 Å². The molecule has 0 unspecified atom stereocenters. The van der Waals surface area contributed by atoms with Gasteiger partial charge in [0.05, 0.1) is 23.2 Å². The van der Waals surface area contributed by atoms with E-state index in [1.54, 1.807) is 18.2 Å². The largest absolute Gasteiger partial charge is 0.417 e. The van der Waals surface area contributed by atoms with Crippen molar-refractivity contribution in [3.63, 3.8) is 0 Å². The molecule has 0 saturated carbocycles. The SMILES string of the molecule is CN(CC(=O)N/N=C/c1ccccc1C(F)(F)F)S(=O)(=O)c1ccc2ccccc2c1. The van der Waals surface area contributed by atoms with Crippen molar-refractivity contribution in [3.8, 4) is 0 Å². The molecule has 31 heavy (non-hydrogen) atoms. The molecule has 1 N–H and O–H groups in total. The van der Waals surface area contributed by atoms with Gasteiger partial charge in [0.1, 0.15) is 0 Å². The van der Waals surface area contributed by atoms with Crippen molar-refractivity contribution < 1.29 is 26.4 Å². The first-order chi connectivity index (χ1) is 14.6. The number of carbonyl (C=O) groups excluding carboxylic acids is 1. The van der Waals surface area contributed by atoms with E-state index in [0.29, 0.717) is 0 Å². The van der Waals surface area contributed by atoms with Gasteiger partial charge in [0.25, 0.3) is 5.91 Å². The van der Waals surface area contributed by atoms with Crippen LogP contribution in [0.1, 0.15) is 11.1 Å². The van der Waals surface area contributed by atoms with Crippen molar-refractivity contribution in [3.05, 3.63) is 77.9 Å². The third-order valence-electron chi connectivity index (χ3n) is 4.45. The zero-order chi connectivity index (χ0) is 22.6. The minimum atomic E-state index is -4.57.